The molecule has 1 aromatic heterocycles. The van der Waals surface area contributed by atoms with E-state index in [4.69, 9.17) is 16.3 Å². The van der Waals surface area contributed by atoms with Crippen LogP contribution in [0.4, 0.5) is 0 Å². The van der Waals surface area contributed by atoms with Gasteiger partial charge in [0, 0.05) is 5.39 Å². The van der Waals surface area contributed by atoms with Crippen LogP contribution in [0.25, 0.3) is 10.9 Å². The van der Waals surface area contributed by atoms with Crippen LogP contribution in [-0.2, 0) is 9.53 Å². The van der Waals surface area contributed by atoms with E-state index in [-0.39, 0.29) is 10.7 Å². The number of nitrogens with one attached hydrogen (secondary N) is 1. The molecular formula is C20H20ClN3O3. The van der Waals surface area contributed by atoms with Gasteiger partial charge in [0.15, 0.2) is 6.10 Å². The number of ether oxygens (including phenoxy) is 1. The molecule has 1 atom stereocenters. The van der Waals surface area contributed by atoms with Crippen molar-refractivity contribution in [2.24, 2.45) is 0 Å². The normalized spacial score (nSPS) is 16.9. The molecule has 0 saturated heterocycles. The van der Waals surface area contributed by atoms with Gasteiger partial charge in [-0.15, -0.1) is 0 Å². The number of carbonyl (C=O) groups excluding carboxylic acids is 2. The van der Waals surface area contributed by atoms with Crippen LogP contribution in [0.2, 0.25) is 5.15 Å². The Morgan fingerprint density at radius 3 is 2.70 bits per heavy atom. The SMILES string of the molecule is C[C@H](OC(=O)c1cc(Cl)nc2ccccc12)C(=O)NC1(C#N)CCCCC1. The predicted octanol–water partition coefficient (Wildman–Crippen LogP) is 3.78. The van der Waals surface area contributed by atoms with Crippen LogP contribution in [0.15, 0.2) is 30.3 Å². The van der Waals surface area contributed by atoms with Gasteiger partial charge >= 0.3 is 5.97 Å². The van der Waals surface area contributed by atoms with E-state index in [9.17, 15) is 14.9 Å². The zero-order chi connectivity index (χ0) is 19.4. The molecule has 140 valence electrons. The van der Waals surface area contributed by atoms with Crippen molar-refractivity contribution in [3.63, 3.8) is 0 Å². The second-order valence-corrected chi connectivity index (χ2v) is 7.19. The first-order chi connectivity index (χ1) is 12.9. The monoisotopic (exact) mass is 385 g/mol. The number of hydrogen-bond donors (Lipinski definition) is 1. The summed E-state index contributed by atoms with van der Waals surface area (Å²) in [4.78, 5) is 29.3. The van der Waals surface area contributed by atoms with Gasteiger partial charge in [0.25, 0.3) is 5.91 Å². The zero-order valence-electron chi connectivity index (χ0n) is 15.0. The van der Waals surface area contributed by atoms with Gasteiger partial charge in [-0.2, -0.15) is 5.26 Å². The summed E-state index contributed by atoms with van der Waals surface area (Å²) in [6, 6.07) is 10.7. The lowest BCUT2D eigenvalue weighted by atomic mass is 9.83. The molecule has 0 aliphatic heterocycles. The van der Waals surface area contributed by atoms with E-state index in [2.05, 4.69) is 16.4 Å². The van der Waals surface area contributed by atoms with E-state index in [1.165, 1.54) is 13.0 Å². The summed E-state index contributed by atoms with van der Waals surface area (Å²) in [5.74, 6) is -1.14. The van der Waals surface area contributed by atoms with E-state index < -0.39 is 23.5 Å². The molecule has 0 radical (unpaired) electrons. The summed E-state index contributed by atoms with van der Waals surface area (Å²) in [7, 11) is 0. The van der Waals surface area contributed by atoms with Crippen molar-refractivity contribution < 1.29 is 14.3 Å². The fourth-order valence-electron chi connectivity index (χ4n) is 3.35. The first-order valence-electron chi connectivity index (χ1n) is 8.94. The Balaban J connectivity index is 1.74. The Hall–Kier alpha value is -2.65. The van der Waals surface area contributed by atoms with E-state index in [1.807, 2.05) is 0 Å². The Morgan fingerprint density at radius 2 is 2.00 bits per heavy atom. The molecule has 2 aromatic rings. The van der Waals surface area contributed by atoms with E-state index >= 15 is 0 Å². The minimum absolute atomic E-state index is 0.170. The minimum Gasteiger partial charge on any atom is -0.449 e. The Labute approximate surface area is 162 Å². The molecule has 7 heteroatoms. The molecule has 1 saturated carbocycles. The summed E-state index contributed by atoms with van der Waals surface area (Å²) in [5, 5.41) is 13.0. The number of esters is 1. The number of rotatable bonds is 4. The fraction of sp³-hybridized carbons (Fsp3) is 0.400. The van der Waals surface area contributed by atoms with Crippen LogP contribution in [0.5, 0.6) is 0 Å². The number of nitriles is 1. The second-order valence-electron chi connectivity index (χ2n) is 6.80. The molecule has 1 aliphatic rings. The summed E-state index contributed by atoms with van der Waals surface area (Å²) in [6.07, 6.45) is 3.03. The third kappa shape index (κ3) is 4.20. The summed E-state index contributed by atoms with van der Waals surface area (Å²) < 4.78 is 5.35. The molecule has 0 bridgehead atoms. The Morgan fingerprint density at radius 1 is 1.30 bits per heavy atom. The number of hydrogen-bond acceptors (Lipinski definition) is 5. The topological polar surface area (TPSA) is 92.1 Å². The van der Waals surface area contributed by atoms with Crippen LogP contribution in [0.1, 0.15) is 49.4 Å². The Kier molecular flexibility index (Phi) is 5.62. The molecule has 1 N–H and O–H groups in total. The highest BCUT2D eigenvalue weighted by Crippen LogP contribution is 2.28. The van der Waals surface area contributed by atoms with Gasteiger partial charge in [-0.3, -0.25) is 4.79 Å². The van der Waals surface area contributed by atoms with Crippen molar-refractivity contribution in [3.8, 4) is 6.07 Å². The van der Waals surface area contributed by atoms with E-state index in [1.54, 1.807) is 24.3 Å². The number of pyridine rings is 1. The standard InChI is InChI=1S/C20H20ClN3O3/c1-13(18(25)24-20(12-22)9-5-2-6-10-20)27-19(26)15-11-17(21)23-16-8-4-3-7-14(15)16/h3-4,7-8,11,13H,2,5-6,9-10H2,1H3,(H,24,25)/t13-/m0/s1. The smallest absolute Gasteiger partial charge is 0.339 e. The molecule has 27 heavy (non-hydrogen) atoms. The maximum atomic E-state index is 12.6. The fourth-order valence-corrected chi connectivity index (χ4v) is 3.55. The number of halogens is 1. The number of benzene rings is 1. The van der Waals surface area contributed by atoms with Crippen LogP contribution >= 0.6 is 11.6 Å². The van der Waals surface area contributed by atoms with Crippen molar-refractivity contribution in [1.82, 2.24) is 10.3 Å². The minimum atomic E-state index is -1.03. The van der Waals surface area contributed by atoms with Gasteiger partial charge < -0.3 is 10.1 Å². The first-order valence-corrected chi connectivity index (χ1v) is 9.31. The molecule has 0 spiro atoms. The number of nitrogens with zero attached hydrogens (tertiary/aromatic N) is 2. The third-order valence-corrected chi connectivity index (χ3v) is 5.04. The summed E-state index contributed by atoms with van der Waals surface area (Å²) in [5.41, 5.74) is -0.0551. The summed E-state index contributed by atoms with van der Waals surface area (Å²) >= 11 is 6.00. The lowest BCUT2D eigenvalue weighted by Crippen LogP contribution is -2.52. The van der Waals surface area contributed by atoms with Crippen molar-refractivity contribution in [3.05, 3.63) is 41.0 Å². The lowest BCUT2D eigenvalue weighted by molar-refractivity contribution is -0.130. The lowest BCUT2D eigenvalue weighted by Gasteiger charge is -2.32. The molecule has 0 unspecified atom stereocenters. The highest BCUT2D eigenvalue weighted by molar-refractivity contribution is 6.30. The number of fused-ring (bicyclic) bond motifs is 1. The number of carbonyl (C=O) groups is 2. The van der Waals surface area contributed by atoms with Crippen LogP contribution in [-0.4, -0.2) is 28.5 Å². The highest BCUT2D eigenvalue weighted by atomic mass is 35.5. The molecule has 1 aliphatic carbocycles. The first kappa shape index (κ1) is 19.1. The van der Waals surface area contributed by atoms with E-state index in [0.717, 1.165) is 19.3 Å². The van der Waals surface area contributed by atoms with Gasteiger partial charge in [-0.25, -0.2) is 9.78 Å². The van der Waals surface area contributed by atoms with Crippen LogP contribution in [0.3, 0.4) is 0 Å². The van der Waals surface area contributed by atoms with Crippen molar-refractivity contribution in [1.29, 1.82) is 5.26 Å². The van der Waals surface area contributed by atoms with Gasteiger partial charge in [-0.05, 0) is 31.9 Å². The zero-order valence-corrected chi connectivity index (χ0v) is 15.8. The van der Waals surface area contributed by atoms with Gasteiger partial charge in [-0.1, -0.05) is 49.1 Å². The van der Waals surface area contributed by atoms with Crippen molar-refractivity contribution >= 4 is 34.4 Å². The molecule has 6 nitrogen and oxygen atoms in total. The number of aromatic nitrogens is 1. The average molecular weight is 386 g/mol. The predicted molar refractivity (Wildman–Crippen MR) is 101 cm³/mol. The molecule has 1 aromatic carbocycles. The Bertz CT molecular complexity index is 916. The maximum absolute atomic E-state index is 12.6. The van der Waals surface area contributed by atoms with Crippen LogP contribution < -0.4 is 5.32 Å². The van der Waals surface area contributed by atoms with E-state index in [0.29, 0.717) is 23.7 Å². The molecular weight excluding hydrogens is 366 g/mol. The molecule has 1 fully saturated rings. The maximum Gasteiger partial charge on any atom is 0.339 e. The number of para-hydroxylation sites is 1. The van der Waals surface area contributed by atoms with Crippen molar-refractivity contribution in [2.75, 3.05) is 0 Å². The molecule has 3 rings (SSSR count). The van der Waals surface area contributed by atoms with Gasteiger partial charge in [0.2, 0.25) is 0 Å². The molecule has 1 amide bonds. The highest BCUT2D eigenvalue weighted by Gasteiger charge is 2.35. The number of amides is 1. The quantitative estimate of drug-likeness (QED) is 0.638. The molecule has 1 heterocycles. The third-order valence-electron chi connectivity index (χ3n) is 4.84. The second kappa shape index (κ2) is 7.93. The average Bonchev–Trinajstić information content (AvgIpc) is 2.67. The van der Waals surface area contributed by atoms with Crippen LogP contribution in [0, 0.1) is 11.3 Å². The summed E-state index contributed by atoms with van der Waals surface area (Å²) in [6.45, 7) is 1.49. The van der Waals surface area contributed by atoms with Gasteiger partial charge in [0.1, 0.15) is 10.7 Å². The van der Waals surface area contributed by atoms with Gasteiger partial charge in [0.05, 0.1) is 17.1 Å². The largest absolute Gasteiger partial charge is 0.449 e. The van der Waals surface area contributed by atoms with Crippen molar-refractivity contribution in [2.45, 2.75) is 50.7 Å².